The normalized spacial score (nSPS) is 13.0. The Morgan fingerprint density at radius 1 is 1.21 bits per heavy atom. The van der Waals surface area contributed by atoms with Gasteiger partial charge in [-0.3, -0.25) is 9.78 Å². The number of carboxylic acids is 1. The Hall–Kier alpha value is -2.25. The molecule has 0 spiro atoms. The van der Waals surface area contributed by atoms with Crippen molar-refractivity contribution >= 4 is 16.0 Å². The molecule has 0 aliphatic carbocycles. The SMILES string of the molecule is CC(C)c1ccc(S(=O)(=O)NC(Cc2cccnc2)C(=O)O)cc1. The summed E-state index contributed by atoms with van der Waals surface area (Å²) in [7, 11) is -3.92. The predicted octanol–water partition coefficient (Wildman–Crippen LogP) is 2.18. The summed E-state index contributed by atoms with van der Waals surface area (Å²) < 4.78 is 27.1. The Labute approximate surface area is 141 Å². The van der Waals surface area contributed by atoms with Crippen molar-refractivity contribution in [1.29, 1.82) is 0 Å². The molecule has 1 aromatic carbocycles. The molecule has 1 heterocycles. The van der Waals surface area contributed by atoms with Crippen molar-refractivity contribution in [2.75, 3.05) is 0 Å². The van der Waals surface area contributed by atoms with Gasteiger partial charge < -0.3 is 5.11 Å². The zero-order valence-electron chi connectivity index (χ0n) is 13.5. The molecule has 0 fully saturated rings. The molecular formula is C17H20N2O4S. The quantitative estimate of drug-likeness (QED) is 0.799. The zero-order chi connectivity index (χ0) is 17.7. The minimum absolute atomic E-state index is 0.0203. The van der Waals surface area contributed by atoms with Gasteiger partial charge in [-0.15, -0.1) is 0 Å². The molecule has 2 rings (SSSR count). The van der Waals surface area contributed by atoms with Crippen molar-refractivity contribution in [3.05, 3.63) is 59.9 Å². The predicted molar refractivity (Wildman–Crippen MR) is 90.2 cm³/mol. The van der Waals surface area contributed by atoms with E-state index in [1.165, 1.54) is 18.3 Å². The average molecular weight is 348 g/mol. The maximum Gasteiger partial charge on any atom is 0.322 e. The molecule has 0 bridgehead atoms. The Morgan fingerprint density at radius 2 is 1.88 bits per heavy atom. The maximum atomic E-state index is 12.4. The molecule has 1 atom stereocenters. The van der Waals surface area contributed by atoms with Crippen molar-refractivity contribution < 1.29 is 18.3 Å². The van der Waals surface area contributed by atoms with Gasteiger partial charge in [0.25, 0.3) is 0 Å². The lowest BCUT2D eigenvalue weighted by Crippen LogP contribution is -2.42. The lowest BCUT2D eigenvalue weighted by atomic mass is 10.0. The molecule has 0 saturated carbocycles. The van der Waals surface area contributed by atoms with Gasteiger partial charge >= 0.3 is 5.97 Å². The molecule has 7 heteroatoms. The van der Waals surface area contributed by atoms with Crippen LogP contribution in [-0.4, -0.2) is 30.5 Å². The Morgan fingerprint density at radius 3 is 2.38 bits per heavy atom. The second-order valence-corrected chi connectivity index (χ2v) is 7.52. The van der Waals surface area contributed by atoms with E-state index >= 15 is 0 Å². The number of benzene rings is 1. The summed E-state index contributed by atoms with van der Waals surface area (Å²) in [4.78, 5) is 15.4. The monoisotopic (exact) mass is 348 g/mol. The van der Waals surface area contributed by atoms with Crippen LogP contribution in [0.2, 0.25) is 0 Å². The largest absolute Gasteiger partial charge is 0.480 e. The first kappa shape index (κ1) is 18.1. The van der Waals surface area contributed by atoms with Gasteiger partial charge in [0, 0.05) is 18.8 Å². The third-order valence-corrected chi connectivity index (χ3v) is 5.10. The summed E-state index contributed by atoms with van der Waals surface area (Å²) in [5.74, 6) is -0.951. The molecule has 1 unspecified atom stereocenters. The molecule has 0 radical (unpaired) electrons. The third-order valence-electron chi connectivity index (χ3n) is 3.62. The fourth-order valence-electron chi connectivity index (χ4n) is 2.22. The minimum atomic E-state index is -3.92. The van der Waals surface area contributed by atoms with Crippen LogP contribution >= 0.6 is 0 Å². The third kappa shape index (κ3) is 4.62. The summed E-state index contributed by atoms with van der Waals surface area (Å²) in [6, 6.07) is 8.55. The van der Waals surface area contributed by atoms with Gasteiger partial charge in [0.2, 0.25) is 10.0 Å². The van der Waals surface area contributed by atoms with Crippen molar-refractivity contribution in [3.8, 4) is 0 Å². The minimum Gasteiger partial charge on any atom is -0.480 e. The number of aromatic nitrogens is 1. The standard InChI is InChI=1S/C17H20N2O4S/c1-12(2)14-5-7-15(8-6-14)24(22,23)19-16(17(20)21)10-13-4-3-9-18-11-13/h3-9,11-12,16,19H,10H2,1-2H3,(H,20,21). The van der Waals surface area contributed by atoms with Crippen molar-refractivity contribution in [2.45, 2.75) is 37.1 Å². The number of carboxylic acid groups (broad SMARTS) is 1. The highest BCUT2D eigenvalue weighted by atomic mass is 32.2. The van der Waals surface area contributed by atoms with Gasteiger partial charge in [0.1, 0.15) is 6.04 Å². The number of pyridine rings is 1. The van der Waals surface area contributed by atoms with E-state index in [9.17, 15) is 18.3 Å². The molecule has 2 N–H and O–H groups in total. The molecule has 0 aliphatic heterocycles. The number of nitrogens with zero attached hydrogens (tertiary/aromatic N) is 1. The van der Waals surface area contributed by atoms with E-state index in [2.05, 4.69) is 9.71 Å². The van der Waals surface area contributed by atoms with Crippen LogP contribution < -0.4 is 4.72 Å². The van der Waals surface area contributed by atoms with Crippen LogP contribution in [0.15, 0.2) is 53.7 Å². The topological polar surface area (TPSA) is 96.4 Å². The molecule has 0 saturated heterocycles. The lowest BCUT2D eigenvalue weighted by Gasteiger charge is -2.15. The van der Waals surface area contributed by atoms with Crippen LogP contribution in [0.5, 0.6) is 0 Å². The Kier molecular flexibility index (Phi) is 5.69. The van der Waals surface area contributed by atoms with Crippen LogP contribution in [0, 0.1) is 0 Å². The van der Waals surface area contributed by atoms with Gasteiger partial charge in [-0.2, -0.15) is 4.72 Å². The van der Waals surface area contributed by atoms with Crippen LogP contribution in [0.1, 0.15) is 30.9 Å². The van der Waals surface area contributed by atoms with Gasteiger partial charge in [0.05, 0.1) is 4.90 Å². The van der Waals surface area contributed by atoms with Crippen LogP contribution in [0.4, 0.5) is 0 Å². The summed E-state index contributed by atoms with van der Waals surface area (Å²) in [5.41, 5.74) is 1.65. The van der Waals surface area contributed by atoms with Crippen LogP contribution in [0.25, 0.3) is 0 Å². The highest BCUT2D eigenvalue weighted by Gasteiger charge is 2.25. The summed E-state index contributed by atoms with van der Waals surface area (Å²) in [6.45, 7) is 4.02. The first-order valence-electron chi connectivity index (χ1n) is 7.53. The van der Waals surface area contributed by atoms with Gasteiger partial charge in [0.15, 0.2) is 0 Å². The molecule has 24 heavy (non-hydrogen) atoms. The number of aliphatic carboxylic acids is 1. The van der Waals surface area contributed by atoms with Crippen LogP contribution in [-0.2, 0) is 21.2 Å². The van der Waals surface area contributed by atoms with Crippen molar-refractivity contribution in [2.24, 2.45) is 0 Å². The van der Waals surface area contributed by atoms with E-state index in [-0.39, 0.29) is 17.2 Å². The van der Waals surface area contributed by atoms with E-state index in [1.54, 1.807) is 30.5 Å². The number of rotatable bonds is 7. The number of nitrogens with one attached hydrogen (secondary N) is 1. The Bertz CT molecular complexity index is 787. The molecule has 6 nitrogen and oxygen atoms in total. The van der Waals surface area contributed by atoms with E-state index in [4.69, 9.17) is 0 Å². The first-order valence-corrected chi connectivity index (χ1v) is 9.02. The fourth-order valence-corrected chi connectivity index (χ4v) is 3.41. The average Bonchev–Trinajstić information content (AvgIpc) is 2.55. The smallest absolute Gasteiger partial charge is 0.322 e. The van der Waals surface area contributed by atoms with Gasteiger partial charge in [-0.1, -0.05) is 32.0 Å². The summed E-state index contributed by atoms with van der Waals surface area (Å²) in [6.07, 6.45) is 3.11. The molecular weight excluding hydrogens is 328 g/mol. The summed E-state index contributed by atoms with van der Waals surface area (Å²) >= 11 is 0. The number of sulfonamides is 1. The lowest BCUT2D eigenvalue weighted by molar-refractivity contribution is -0.138. The molecule has 1 aromatic heterocycles. The van der Waals surface area contributed by atoms with E-state index < -0.39 is 22.0 Å². The van der Waals surface area contributed by atoms with Crippen molar-refractivity contribution in [3.63, 3.8) is 0 Å². The molecule has 0 aliphatic rings. The van der Waals surface area contributed by atoms with E-state index in [0.29, 0.717) is 5.56 Å². The number of hydrogen-bond acceptors (Lipinski definition) is 4. The number of carbonyl (C=O) groups is 1. The maximum absolute atomic E-state index is 12.4. The second kappa shape index (κ2) is 7.55. The molecule has 2 aromatic rings. The fraction of sp³-hybridized carbons (Fsp3) is 0.294. The van der Waals surface area contributed by atoms with E-state index in [0.717, 1.165) is 5.56 Å². The van der Waals surface area contributed by atoms with E-state index in [1.807, 2.05) is 13.8 Å². The van der Waals surface area contributed by atoms with Gasteiger partial charge in [-0.25, -0.2) is 8.42 Å². The van der Waals surface area contributed by atoms with Crippen molar-refractivity contribution in [1.82, 2.24) is 9.71 Å². The molecule has 128 valence electrons. The highest BCUT2D eigenvalue weighted by molar-refractivity contribution is 7.89. The summed E-state index contributed by atoms with van der Waals surface area (Å²) in [5, 5.41) is 9.31. The molecule has 0 amide bonds. The van der Waals surface area contributed by atoms with Crippen LogP contribution in [0.3, 0.4) is 0 Å². The Balaban J connectivity index is 2.19. The highest BCUT2D eigenvalue weighted by Crippen LogP contribution is 2.17. The van der Waals surface area contributed by atoms with Gasteiger partial charge in [-0.05, 0) is 35.2 Å². The first-order chi connectivity index (χ1) is 11.3. The number of hydrogen-bond donors (Lipinski definition) is 2. The second-order valence-electron chi connectivity index (χ2n) is 5.80. The zero-order valence-corrected chi connectivity index (χ0v) is 14.3.